The first kappa shape index (κ1) is 25.0. The second kappa shape index (κ2) is 10.3. The number of rotatable bonds is 8. The average molecular weight is 516 g/mol. The maximum atomic E-state index is 13.5. The minimum Gasteiger partial charge on any atom is -0.487 e. The van der Waals surface area contributed by atoms with Gasteiger partial charge in [0.2, 0.25) is 0 Å². The van der Waals surface area contributed by atoms with Gasteiger partial charge in [-0.05, 0) is 60.0 Å². The van der Waals surface area contributed by atoms with Gasteiger partial charge in [0.05, 0.1) is 11.4 Å². The number of carboxylic acid groups (broad SMARTS) is 1. The fourth-order valence-electron chi connectivity index (χ4n) is 4.33. The van der Waals surface area contributed by atoms with Crippen LogP contribution in [0.25, 0.3) is 0 Å². The van der Waals surface area contributed by atoms with Gasteiger partial charge in [0.25, 0.3) is 5.91 Å². The highest BCUT2D eigenvalue weighted by Crippen LogP contribution is 2.38. The summed E-state index contributed by atoms with van der Waals surface area (Å²) in [6, 6.07) is 17.0. The summed E-state index contributed by atoms with van der Waals surface area (Å²) in [6.07, 6.45) is 0.892. The van der Waals surface area contributed by atoms with Gasteiger partial charge in [0, 0.05) is 36.5 Å². The smallest absolute Gasteiger partial charge is 0.305 e. The van der Waals surface area contributed by atoms with E-state index in [1.165, 1.54) is 11.0 Å². The van der Waals surface area contributed by atoms with Crippen LogP contribution < -0.4 is 4.74 Å². The summed E-state index contributed by atoms with van der Waals surface area (Å²) in [7, 11) is 0. The maximum Gasteiger partial charge on any atom is 0.305 e. The molecule has 182 valence electrons. The third kappa shape index (κ3) is 5.95. The third-order valence-corrected chi connectivity index (χ3v) is 6.65. The van der Waals surface area contributed by atoms with Crippen molar-refractivity contribution in [1.29, 1.82) is 0 Å². The van der Waals surface area contributed by atoms with Crippen molar-refractivity contribution in [2.24, 2.45) is 0 Å². The molecular formula is C27H24Cl2FNO4. The molecule has 3 aromatic rings. The number of carbonyl (C=O) groups is 2. The van der Waals surface area contributed by atoms with Crippen LogP contribution in [0.15, 0.2) is 60.7 Å². The first-order chi connectivity index (χ1) is 16.6. The van der Waals surface area contributed by atoms with Crippen molar-refractivity contribution in [3.8, 4) is 5.75 Å². The summed E-state index contributed by atoms with van der Waals surface area (Å²) in [5.41, 5.74) is 2.33. The number of aliphatic carboxylic acids is 1. The first-order valence-corrected chi connectivity index (χ1v) is 11.9. The third-order valence-electron chi connectivity index (χ3n) is 5.99. The Morgan fingerprint density at radius 3 is 2.57 bits per heavy atom. The Labute approximate surface area is 213 Å². The van der Waals surface area contributed by atoms with Crippen LogP contribution >= 0.6 is 23.2 Å². The Morgan fingerprint density at radius 1 is 1.09 bits per heavy atom. The fourth-order valence-corrected chi connectivity index (χ4v) is 4.73. The number of carbonyl (C=O) groups excluding carboxylic acids is 1. The van der Waals surface area contributed by atoms with Crippen molar-refractivity contribution >= 4 is 35.1 Å². The molecule has 0 fully saturated rings. The molecule has 0 aliphatic carbocycles. The molecular weight excluding hydrogens is 492 g/mol. The van der Waals surface area contributed by atoms with E-state index in [1.54, 1.807) is 42.5 Å². The summed E-state index contributed by atoms with van der Waals surface area (Å²) in [5.74, 6) is -1.06. The molecule has 1 aliphatic heterocycles. The summed E-state index contributed by atoms with van der Waals surface area (Å²) in [4.78, 5) is 26.1. The van der Waals surface area contributed by atoms with Gasteiger partial charge in [-0.3, -0.25) is 9.59 Å². The van der Waals surface area contributed by atoms with Crippen LogP contribution in [0.5, 0.6) is 5.75 Å². The van der Waals surface area contributed by atoms with Crippen molar-refractivity contribution in [2.75, 3.05) is 6.54 Å². The average Bonchev–Trinajstić information content (AvgIpc) is 3.14. The number of amides is 1. The molecule has 1 atom stereocenters. The van der Waals surface area contributed by atoms with E-state index in [1.807, 2.05) is 19.1 Å². The summed E-state index contributed by atoms with van der Waals surface area (Å²) < 4.78 is 19.7. The Hall–Kier alpha value is -3.09. The van der Waals surface area contributed by atoms with Gasteiger partial charge in [-0.15, -0.1) is 0 Å². The van der Waals surface area contributed by atoms with Gasteiger partial charge in [0.1, 0.15) is 17.2 Å². The lowest BCUT2D eigenvalue weighted by Gasteiger charge is -2.24. The van der Waals surface area contributed by atoms with E-state index in [9.17, 15) is 14.0 Å². The minimum absolute atomic E-state index is 0.0516. The van der Waals surface area contributed by atoms with Gasteiger partial charge >= 0.3 is 5.97 Å². The van der Waals surface area contributed by atoms with Crippen LogP contribution in [0.2, 0.25) is 10.0 Å². The molecule has 5 nitrogen and oxygen atoms in total. The number of halogens is 3. The highest BCUT2D eigenvalue weighted by atomic mass is 35.5. The lowest BCUT2D eigenvalue weighted by Crippen LogP contribution is -2.33. The van der Waals surface area contributed by atoms with Gasteiger partial charge < -0.3 is 14.7 Å². The molecule has 4 rings (SSSR count). The molecule has 0 spiro atoms. The largest absolute Gasteiger partial charge is 0.487 e. The summed E-state index contributed by atoms with van der Waals surface area (Å²) in [6.45, 7) is 2.21. The molecule has 3 aromatic carbocycles. The van der Waals surface area contributed by atoms with E-state index < -0.39 is 17.4 Å². The highest BCUT2D eigenvalue weighted by molar-refractivity contribution is 6.31. The number of fused-ring (bicyclic) bond motifs is 1. The van der Waals surface area contributed by atoms with Gasteiger partial charge in [-0.2, -0.15) is 0 Å². The Kier molecular flexibility index (Phi) is 7.33. The van der Waals surface area contributed by atoms with Gasteiger partial charge in [-0.25, -0.2) is 4.39 Å². The van der Waals surface area contributed by atoms with Crippen molar-refractivity contribution < 1.29 is 23.8 Å². The molecule has 35 heavy (non-hydrogen) atoms. The van der Waals surface area contributed by atoms with E-state index in [0.29, 0.717) is 29.2 Å². The minimum atomic E-state index is -0.985. The molecule has 0 aromatic heterocycles. The highest BCUT2D eigenvalue weighted by Gasteiger charge is 2.35. The molecule has 1 amide bonds. The normalized spacial score (nSPS) is 16.5. The topological polar surface area (TPSA) is 66.8 Å². The molecule has 1 heterocycles. The second-order valence-corrected chi connectivity index (χ2v) is 9.75. The van der Waals surface area contributed by atoms with Gasteiger partial charge in [-0.1, -0.05) is 47.5 Å². The Balaban J connectivity index is 1.53. The van der Waals surface area contributed by atoms with E-state index >= 15 is 0 Å². The maximum absolute atomic E-state index is 13.5. The molecule has 8 heteroatoms. The Morgan fingerprint density at radius 2 is 1.86 bits per heavy atom. The van der Waals surface area contributed by atoms with Crippen molar-refractivity contribution in [3.05, 3.63) is 98.8 Å². The monoisotopic (exact) mass is 515 g/mol. The quantitative estimate of drug-likeness (QED) is 0.388. The van der Waals surface area contributed by atoms with E-state index in [4.69, 9.17) is 33.0 Å². The Bertz CT molecular complexity index is 1280. The summed E-state index contributed by atoms with van der Waals surface area (Å²) in [5, 5.41) is 9.74. The lowest BCUT2D eigenvalue weighted by atomic mass is 9.91. The molecule has 0 saturated heterocycles. The second-order valence-electron chi connectivity index (χ2n) is 8.94. The molecule has 0 bridgehead atoms. The zero-order valence-electron chi connectivity index (χ0n) is 19.1. The molecule has 0 saturated carbocycles. The van der Waals surface area contributed by atoms with Crippen LogP contribution in [-0.2, 0) is 24.2 Å². The number of hydrogen-bond acceptors (Lipinski definition) is 3. The first-order valence-electron chi connectivity index (χ1n) is 11.1. The van der Waals surface area contributed by atoms with Crippen LogP contribution in [-0.4, -0.2) is 34.0 Å². The molecule has 0 unspecified atom stereocenters. The van der Waals surface area contributed by atoms with Crippen molar-refractivity contribution in [1.82, 2.24) is 4.90 Å². The molecule has 1 aliphatic rings. The van der Waals surface area contributed by atoms with Crippen LogP contribution in [0.3, 0.4) is 0 Å². The standard InChI is InChI=1S/C27H24Cl2FNO4/c1-27(14-17-6-8-23(30)22(29)12-17)15-20-13-18(7-9-24(20)35-27)26(34)31(11-10-25(32)33)16-19-4-2-3-5-21(19)28/h2-9,12-13H,10-11,14-16H2,1H3,(H,32,33)/t27-/m1/s1. The molecule has 0 radical (unpaired) electrons. The van der Waals surface area contributed by atoms with Gasteiger partial charge in [0.15, 0.2) is 0 Å². The van der Waals surface area contributed by atoms with Crippen LogP contribution in [0.4, 0.5) is 4.39 Å². The van der Waals surface area contributed by atoms with Crippen LogP contribution in [0.1, 0.15) is 40.4 Å². The lowest BCUT2D eigenvalue weighted by molar-refractivity contribution is -0.137. The van der Waals surface area contributed by atoms with E-state index in [2.05, 4.69) is 0 Å². The predicted octanol–water partition coefficient (Wildman–Crippen LogP) is 6.19. The van der Waals surface area contributed by atoms with Crippen molar-refractivity contribution in [2.45, 2.75) is 38.3 Å². The van der Waals surface area contributed by atoms with Crippen molar-refractivity contribution in [3.63, 3.8) is 0 Å². The zero-order valence-corrected chi connectivity index (χ0v) is 20.6. The van der Waals surface area contributed by atoms with Crippen LogP contribution in [0, 0.1) is 5.82 Å². The van der Waals surface area contributed by atoms with E-state index in [-0.39, 0.29) is 30.4 Å². The molecule has 1 N–H and O–H groups in total. The zero-order chi connectivity index (χ0) is 25.2. The number of hydrogen-bond donors (Lipinski definition) is 1. The summed E-state index contributed by atoms with van der Waals surface area (Å²) >= 11 is 12.2. The SMILES string of the molecule is C[C@@]1(Cc2ccc(F)c(Cl)c2)Cc2cc(C(=O)N(CCC(=O)O)Cc3ccccc3Cl)ccc2O1. The number of nitrogens with zero attached hydrogens (tertiary/aromatic N) is 1. The number of ether oxygens (including phenoxy) is 1. The fraction of sp³-hybridized carbons (Fsp3) is 0.259. The van der Waals surface area contributed by atoms with E-state index in [0.717, 1.165) is 16.7 Å². The number of benzene rings is 3. The predicted molar refractivity (Wildman–Crippen MR) is 133 cm³/mol. The number of carboxylic acids is 1.